The van der Waals surface area contributed by atoms with Gasteiger partial charge in [0.15, 0.2) is 0 Å². The molecule has 5 heteroatoms. The maximum atomic E-state index is 13.8. The van der Waals surface area contributed by atoms with Crippen LogP contribution in [0.25, 0.3) is 0 Å². The first-order valence-corrected chi connectivity index (χ1v) is 10.2. The van der Waals surface area contributed by atoms with Crippen molar-refractivity contribution in [2.45, 2.75) is 30.7 Å². The summed E-state index contributed by atoms with van der Waals surface area (Å²) in [6, 6.07) is 22.5. The molecule has 5 rings (SSSR count). The third-order valence-corrected chi connectivity index (χ3v) is 6.95. The van der Waals surface area contributed by atoms with Gasteiger partial charge >= 0.3 is 5.97 Å². The highest BCUT2D eigenvalue weighted by Gasteiger charge is 2.74. The Hall–Kier alpha value is -3.11. The summed E-state index contributed by atoms with van der Waals surface area (Å²) < 4.78 is 0. The van der Waals surface area contributed by atoms with Crippen LogP contribution in [0.3, 0.4) is 0 Å². The first-order valence-electron chi connectivity index (χ1n) is 9.87. The molecule has 1 aliphatic carbocycles. The normalized spacial score (nSPS) is 24.2. The van der Waals surface area contributed by atoms with E-state index in [4.69, 9.17) is 11.6 Å². The number of anilines is 1. The Morgan fingerprint density at radius 3 is 2.53 bits per heavy atom. The second-order valence-electron chi connectivity index (χ2n) is 8.34. The van der Waals surface area contributed by atoms with E-state index in [9.17, 15) is 14.7 Å². The molecule has 0 bridgehead atoms. The van der Waals surface area contributed by atoms with E-state index in [1.54, 1.807) is 23.1 Å². The lowest BCUT2D eigenvalue weighted by Crippen LogP contribution is -2.35. The molecule has 1 N–H and O–H groups in total. The summed E-state index contributed by atoms with van der Waals surface area (Å²) in [5.41, 5.74) is 3.17. The van der Waals surface area contributed by atoms with Crippen molar-refractivity contribution >= 4 is 29.2 Å². The Kier molecular flexibility index (Phi) is 4.06. The number of carboxylic acids is 1. The van der Waals surface area contributed by atoms with Crippen molar-refractivity contribution < 1.29 is 14.7 Å². The number of hydrogen-bond donors (Lipinski definition) is 1. The van der Waals surface area contributed by atoms with Gasteiger partial charge in [0.2, 0.25) is 5.91 Å². The predicted octanol–water partition coefficient (Wildman–Crippen LogP) is 5.18. The van der Waals surface area contributed by atoms with Crippen LogP contribution in [0.15, 0.2) is 72.8 Å². The van der Waals surface area contributed by atoms with Gasteiger partial charge in [0.25, 0.3) is 0 Å². The average Bonchev–Trinajstić information content (AvgIpc) is 3.33. The highest BCUT2D eigenvalue weighted by Crippen LogP contribution is 2.70. The minimum Gasteiger partial charge on any atom is -0.478 e. The van der Waals surface area contributed by atoms with Crippen molar-refractivity contribution in [3.63, 3.8) is 0 Å². The Morgan fingerprint density at radius 1 is 1.07 bits per heavy atom. The molecule has 1 amide bonds. The first-order chi connectivity index (χ1) is 14.4. The number of aromatic carboxylic acids is 1. The zero-order chi connectivity index (χ0) is 21.1. The van der Waals surface area contributed by atoms with Crippen LogP contribution in [-0.2, 0) is 22.2 Å². The third kappa shape index (κ3) is 2.53. The summed E-state index contributed by atoms with van der Waals surface area (Å²) in [5.74, 6) is -0.902. The number of carbonyl (C=O) groups is 2. The molecule has 0 aromatic heterocycles. The van der Waals surface area contributed by atoms with Crippen LogP contribution < -0.4 is 4.90 Å². The Bertz CT molecular complexity index is 1190. The van der Waals surface area contributed by atoms with Crippen molar-refractivity contribution in [3.05, 3.63) is 100 Å². The highest BCUT2D eigenvalue weighted by atomic mass is 35.5. The fraction of sp³-hybridized carbons (Fsp3) is 0.200. The molecule has 3 aromatic carbocycles. The summed E-state index contributed by atoms with van der Waals surface area (Å²) >= 11 is 6.07. The molecule has 0 saturated heterocycles. The number of benzene rings is 3. The van der Waals surface area contributed by atoms with Crippen molar-refractivity contribution in [2.75, 3.05) is 4.90 Å². The van der Waals surface area contributed by atoms with Gasteiger partial charge in [-0.2, -0.15) is 0 Å². The number of carboxylic acid groups (broad SMARTS) is 1. The second kappa shape index (κ2) is 6.44. The molecule has 1 saturated carbocycles. The van der Waals surface area contributed by atoms with Crippen molar-refractivity contribution in [2.24, 2.45) is 0 Å². The van der Waals surface area contributed by atoms with Crippen LogP contribution in [0, 0.1) is 0 Å². The number of nitrogens with zero attached hydrogens (tertiary/aromatic N) is 1. The van der Waals surface area contributed by atoms with Gasteiger partial charge in [0, 0.05) is 16.1 Å². The number of fused-ring (bicyclic) bond motifs is 2. The summed E-state index contributed by atoms with van der Waals surface area (Å²) in [6.45, 7) is 2.48. The maximum absolute atomic E-state index is 13.8. The van der Waals surface area contributed by atoms with Crippen molar-refractivity contribution in [1.29, 1.82) is 0 Å². The Morgan fingerprint density at radius 2 is 1.80 bits per heavy atom. The largest absolute Gasteiger partial charge is 0.478 e. The fourth-order valence-electron chi connectivity index (χ4n) is 5.02. The summed E-state index contributed by atoms with van der Waals surface area (Å²) in [5, 5.41) is 9.97. The molecular formula is C25H20ClNO3. The molecule has 1 fully saturated rings. The Balaban J connectivity index is 1.55. The van der Waals surface area contributed by atoms with Gasteiger partial charge in [-0.3, -0.25) is 4.79 Å². The van der Waals surface area contributed by atoms with E-state index < -0.39 is 11.4 Å². The smallest absolute Gasteiger partial charge is 0.335 e. The van der Waals surface area contributed by atoms with E-state index in [1.165, 1.54) is 0 Å². The number of hydrogen-bond acceptors (Lipinski definition) is 2. The number of rotatable bonds is 4. The van der Waals surface area contributed by atoms with Gasteiger partial charge in [-0.1, -0.05) is 61.0 Å². The average molecular weight is 418 g/mol. The van der Waals surface area contributed by atoms with E-state index in [-0.39, 0.29) is 16.9 Å². The number of carbonyl (C=O) groups excluding carboxylic acids is 1. The first kappa shape index (κ1) is 18.9. The molecule has 150 valence electrons. The maximum Gasteiger partial charge on any atom is 0.335 e. The number of amides is 1. The van der Waals surface area contributed by atoms with Gasteiger partial charge < -0.3 is 10.0 Å². The minimum absolute atomic E-state index is 0.0712. The molecule has 1 heterocycles. The van der Waals surface area contributed by atoms with Crippen LogP contribution in [0.2, 0.25) is 5.02 Å². The quantitative estimate of drug-likeness (QED) is 0.636. The van der Waals surface area contributed by atoms with Crippen LogP contribution in [0.1, 0.15) is 40.4 Å². The Labute approximate surface area is 179 Å². The second-order valence-corrected chi connectivity index (χ2v) is 8.77. The molecule has 30 heavy (non-hydrogen) atoms. The van der Waals surface area contributed by atoms with E-state index in [1.807, 2.05) is 54.6 Å². The van der Waals surface area contributed by atoms with Gasteiger partial charge in [-0.05, 0) is 53.4 Å². The van der Waals surface area contributed by atoms with Crippen LogP contribution >= 0.6 is 11.6 Å². The van der Waals surface area contributed by atoms with E-state index in [0.717, 1.165) is 28.8 Å². The lowest BCUT2D eigenvalue weighted by Gasteiger charge is -2.21. The standard InChI is InChI=1S/C25H20ClNO3/c1-24(18-9-11-19(26)12-10-18)15-25(24)20-7-2-3-8-21(20)27(23(25)30)14-16-5-4-6-17(13-16)22(28)29/h2-13H,14-15H2,1H3,(H,28,29)/t24-,25-/m0/s1. The van der Waals surface area contributed by atoms with E-state index >= 15 is 0 Å². The SMILES string of the molecule is C[C@@]1(c2ccc(Cl)cc2)C[C@]12C(=O)N(Cc1cccc(C(=O)O)c1)c1ccccc12. The van der Waals surface area contributed by atoms with Gasteiger partial charge in [0.05, 0.1) is 17.5 Å². The predicted molar refractivity (Wildman–Crippen MR) is 116 cm³/mol. The summed E-state index contributed by atoms with van der Waals surface area (Å²) in [6.07, 6.45) is 0.739. The van der Waals surface area contributed by atoms with Crippen LogP contribution in [0.4, 0.5) is 5.69 Å². The lowest BCUT2D eigenvalue weighted by atomic mass is 9.83. The number of halogens is 1. The molecule has 0 unspecified atom stereocenters. The van der Waals surface area contributed by atoms with Crippen LogP contribution in [0.5, 0.6) is 0 Å². The van der Waals surface area contributed by atoms with Gasteiger partial charge in [-0.25, -0.2) is 4.79 Å². The molecular weight excluding hydrogens is 398 g/mol. The topological polar surface area (TPSA) is 57.6 Å². The monoisotopic (exact) mass is 417 g/mol. The molecule has 0 radical (unpaired) electrons. The van der Waals surface area contributed by atoms with Gasteiger partial charge in [0.1, 0.15) is 0 Å². The summed E-state index contributed by atoms with van der Waals surface area (Å²) in [7, 11) is 0. The molecule has 1 aliphatic heterocycles. The molecule has 1 spiro atoms. The van der Waals surface area contributed by atoms with Crippen molar-refractivity contribution in [1.82, 2.24) is 0 Å². The molecule has 2 atom stereocenters. The van der Waals surface area contributed by atoms with E-state index in [0.29, 0.717) is 11.6 Å². The lowest BCUT2D eigenvalue weighted by molar-refractivity contribution is -0.120. The highest BCUT2D eigenvalue weighted by molar-refractivity contribution is 6.30. The van der Waals surface area contributed by atoms with Crippen molar-refractivity contribution in [3.8, 4) is 0 Å². The molecule has 3 aromatic rings. The molecule has 2 aliphatic rings. The minimum atomic E-state index is -0.973. The third-order valence-electron chi connectivity index (χ3n) is 6.70. The number of para-hydroxylation sites is 1. The molecule has 4 nitrogen and oxygen atoms in total. The van der Waals surface area contributed by atoms with Crippen LogP contribution in [-0.4, -0.2) is 17.0 Å². The van der Waals surface area contributed by atoms with E-state index in [2.05, 4.69) is 6.92 Å². The van der Waals surface area contributed by atoms with Gasteiger partial charge in [-0.15, -0.1) is 0 Å². The summed E-state index contributed by atoms with van der Waals surface area (Å²) in [4.78, 5) is 27.0. The fourth-order valence-corrected chi connectivity index (χ4v) is 5.15. The zero-order valence-corrected chi connectivity index (χ0v) is 17.2. The zero-order valence-electron chi connectivity index (χ0n) is 16.4.